The third-order valence-electron chi connectivity index (χ3n) is 3.16. The molecule has 4 nitrogen and oxygen atoms in total. The van der Waals surface area contributed by atoms with Crippen LogP contribution in [0.5, 0.6) is 5.75 Å². The van der Waals surface area contributed by atoms with Crippen LogP contribution in [-0.2, 0) is 4.79 Å². The van der Waals surface area contributed by atoms with E-state index in [0.717, 1.165) is 24.8 Å². The van der Waals surface area contributed by atoms with Gasteiger partial charge in [0.05, 0.1) is 0 Å². The van der Waals surface area contributed by atoms with Gasteiger partial charge >= 0.3 is 0 Å². The highest BCUT2D eigenvalue weighted by Crippen LogP contribution is 2.24. The van der Waals surface area contributed by atoms with Crippen LogP contribution in [-0.4, -0.2) is 18.6 Å². The summed E-state index contributed by atoms with van der Waals surface area (Å²) < 4.78 is 5.73. The number of para-hydroxylation sites is 1. The minimum Gasteiger partial charge on any atom is -0.481 e. The molecule has 0 radical (unpaired) electrons. The Balaban J connectivity index is 2.53. The molecule has 20 heavy (non-hydrogen) atoms. The van der Waals surface area contributed by atoms with E-state index in [2.05, 4.69) is 12.2 Å². The molecule has 2 atom stereocenters. The van der Waals surface area contributed by atoms with Gasteiger partial charge in [-0.1, -0.05) is 38.0 Å². The first-order valence-corrected chi connectivity index (χ1v) is 7.35. The molecule has 0 saturated carbocycles. The van der Waals surface area contributed by atoms with Gasteiger partial charge in [0.1, 0.15) is 5.75 Å². The van der Waals surface area contributed by atoms with Crippen molar-refractivity contribution in [2.45, 2.75) is 52.2 Å². The summed E-state index contributed by atoms with van der Waals surface area (Å²) in [5.74, 6) is 0.597. The Hall–Kier alpha value is -1.55. The summed E-state index contributed by atoms with van der Waals surface area (Å²) in [6, 6.07) is 7.45. The lowest BCUT2D eigenvalue weighted by Gasteiger charge is -2.18. The second kappa shape index (κ2) is 8.59. The predicted octanol–water partition coefficient (Wildman–Crippen LogP) is 2.78. The van der Waals surface area contributed by atoms with Gasteiger partial charge in [-0.05, 0) is 26.3 Å². The quantitative estimate of drug-likeness (QED) is 0.719. The number of ether oxygens (including phenoxy) is 1. The van der Waals surface area contributed by atoms with Crippen molar-refractivity contribution in [1.82, 2.24) is 5.32 Å². The van der Waals surface area contributed by atoms with E-state index in [4.69, 9.17) is 10.5 Å². The van der Waals surface area contributed by atoms with Crippen LogP contribution in [0.1, 0.15) is 51.6 Å². The smallest absolute Gasteiger partial charge is 0.260 e. The average Bonchev–Trinajstić information content (AvgIpc) is 2.43. The van der Waals surface area contributed by atoms with E-state index < -0.39 is 6.10 Å². The molecule has 0 heterocycles. The zero-order chi connectivity index (χ0) is 15.0. The van der Waals surface area contributed by atoms with Gasteiger partial charge in [0.2, 0.25) is 0 Å². The van der Waals surface area contributed by atoms with E-state index in [1.807, 2.05) is 31.2 Å². The van der Waals surface area contributed by atoms with Gasteiger partial charge in [-0.25, -0.2) is 0 Å². The molecule has 112 valence electrons. The Morgan fingerprint density at radius 1 is 1.30 bits per heavy atom. The van der Waals surface area contributed by atoms with E-state index in [1.54, 1.807) is 6.92 Å². The zero-order valence-corrected chi connectivity index (χ0v) is 12.7. The van der Waals surface area contributed by atoms with Crippen molar-refractivity contribution in [3.8, 4) is 5.75 Å². The molecule has 0 aromatic heterocycles. The summed E-state index contributed by atoms with van der Waals surface area (Å²) in [7, 11) is 0. The predicted molar refractivity (Wildman–Crippen MR) is 81.7 cm³/mol. The lowest BCUT2D eigenvalue weighted by Crippen LogP contribution is -2.37. The molecule has 0 spiro atoms. The van der Waals surface area contributed by atoms with Gasteiger partial charge in [0, 0.05) is 18.2 Å². The number of hydrogen-bond acceptors (Lipinski definition) is 3. The van der Waals surface area contributed by atoms with Crippen LogP contribution in [0, 0.1) is 0 Å². The Labute approximate surface area is 121 Å². The number of amides is 1. The Kier molecular flexibility index (Phi) is 7.09. The van der Waals surface area contributed by atoms with Crippen LogP contribution in [0.3, 0.4) is 0 Å². The summed E-state index contributed by atoms with van der Waals surface area (Å²) in [6.45, 7) is 6.50. The maximum absolute atomic E-state index is 11.9. The molecule has 1 unspecified atom stereocenters. The number of carbonyl (C=O) groups is 1. The zero-order valence-electron chi connectivity index (χ0n) is 12.7. The van der Waals surface area contributed by atoms with Crippen LogP contribution in [0.2, 0.25) is 0 Å². The van der Waals surface area contributed by atoms with E-state index in [-0.39, 0.29) is 11.9 Å². The number of benzene rings is 1. The fourth-order valence-electron chi connectivity index (χ4n) is 1.94. The average molecular weight is 278 g/mol. The molecular formula is C16H26N2O2. The summed E-state index contributed by atoms with van der Waals surface area (Å²) >= 11 is 0. The SMILES string of the molecule is CCCCCNC(=O)C(C)Oc1ccccc1[C@@H](C)N. The molecule has 1 amide bonds. The first-order chi connectivity index (χ1) is 9.56. The third-order valence-corrected chi connectivity index (χ3v) is 3.16. The largest absolute Gasteiger partial charge is 0.481 e. The van der Waals surface area contributed by atoms with E-state index in [0.29, 0.717) is 12.3 Å². The standard InChI is InChI=1S/C16H26N2O2/c1-4-5-8-11-18-16(19)13(3)20-15-10-7-6-9-14(15)12(2)17/h6-7,9-10,12-13H,4-5,8,11,17H2,1-3H3,(H,18,19)/t12-,13?/m1/s1. The highest BCUT2D eigenvalue weighted by atomic mass is 16.5. The lowest BCUT2D eigenvalue weighted by atomic mass is 10.1. The maximum Gasteiger partial charge on any atom is 0.260 e. The Bertz CT molecular complexity index is 419. The van der Waals surface area contributed by atoms with Crippen LogP contribution in [0.25, 0.3) is 0 Å². The normalized spacial score (nSPS) is 13.6. The molecule has 0 aliphatic heterocycles. The third kappa shape index (κ3) is 5.21. The van der Waals surface area contributed by atoms with Crippen molar-refractivity contribution in [3.63, 3.8) is 0 Å². The fourth-order valence-corrected chi connectivity index (χ4v) is 1.94. The van der Waals surface area contributed by atoms with Crippen molar-refractivity contribution in [3.05, 3.63) is 29.8 Å². The molecule has 1 rings (SSSR count). The highest BCUT2D eigenvalue weighted by molar-refractivity contribution is 5.80. The van der Waals surface area contributed by atoms with E-state index in [1.165, 1.54) is 0 Å². The van der Waals surface area contributed by atoms with Crippen LogP contribution >= 0.6 is 0 Å². The molecular weight excluding hydrogens is 252 g/mol. The number of hydrogen-bond donors (Lipinski definition) is 2. The minimum atomic E-state index is -0.517. The molecule has 1 aromatic rings. The second-order valence-corrected chi connectivity index (χ2v) is 5.08. The van der Waals surface area contributed by atoms with Crippen molar-refractivity contribution in [1.29, 1.82) is 0 Å². The second-order valence-electron chi connectivity index (χ2n) is 5.08. The summed E-state index contributed by atoms with van der Waals surface area (Å²) in [5.41, 5.74) is 6.81. The van der Waals surface area contributed by atoms with E-state index in [9.17, 15) is 4.79 Å². The number of carbonyl (C=O) groups excluding carboxylic acids is 1. The van der Waals surface area contributed by atoms with Gasteiger partial charge in [0.25, 0.3) is 5.91 Å². The highest BCUT2D eigenvalue weighted by Gasteiger charge is 2.16. The summed E-state index contributed by atoms with van der Waals surface area (Å²) in [5, 5.41) is 2.89. The van der Waals surface area contributed by atoms with Crippen molar-refractivity contribution >= 4 is 5.91 Å². The molecule has 0 fully saturated rings. The van der Waals surface area contributed by atoms with E-state index >= 15 is 0 Å². The first kappa shape index (κ1) is 16.5. The molecule has 1 aromatic carbocycles. The molecule has 3 N–H and O–H groups in total. The minimum absolute atomic E-state index is 0.0828. The summed E-state index contributed by atoms with van der Waals surface area (Å²) in [4.78, 5) is 11.9. The molecule has 0 aliphatic carbocycles. The molecule has 4 heteroatoms. The van der Waals surface area contributed by atoms with Gasteiger partial charge in [-0.3, -0.25) is 4.79 Å². The van der Waals surface area contributed by atoms with Crippen molar-refractivity contribution in [2.75, 3.05) is 6.54 Å². The first-order valence-electron chi connectivity index (χ1n) is 7.35. The fraction of sp³-hybridized carbons (Fsp3) is 0.562. The number of nitrogens with two attached hydrogens (primary N) is 1. The van der Waals surface area contributed by atoms with Crippen molar-refractivity contribution in [2.24, 2.45) is 5.73 Å². The van der Waals surface area contributed by atoms with Gasteiger partial charge < -0.3 is 15.8 Å². The lowest BCUT2D eigenvalue weighted by molar-refractivity contribution is -0.127. The van der Waals surface area contributed by atoms with Crippen LogP contribution in [0.15, 0.2) is 24.3 Å². The summed E-state index contributed by atoms with van der Waals surface area (Å²) in [6.07, 6.45) is 2.76. The molecule has 0 saturated heterocycles. The number of rotatable bonds is 8. The van der Waals surface area contributed by atoms with Crippen molar-refractivity contribution < 1.29 is 9.53 Å². The maximum atomic E-state index is 11.9. The Morgan fingerprint density at radius 3 is 2.65 bits per heavy atom. The van der Waals surface area contributed by atoms with Gasteiger partial charge in [-0.15, -0.1) is 0 Å². The van der Waals surface area contributed by atoms with Gasteiger partial charge in [-0.2, -0.15) is 0 Å². The van der Waals surface area contributed by atoms with Crippen LogP contribution < -0.4 is 15.8 Å². The van der Waals surface area contributed by atoms with Crippen LogP contribution in [0.4, 0.5) is 0 Å². The topological polar surface area (TPSA) is 64.3 Å². The monoisotopic (exact) mass is 278 g/mol. The Morgan fingerprint density at radius 2 is 2.00 bits per heavy atom. The number of nitrogens with one attached hydrogen (secondary N) is 1. The number of unbranched alkanes of at least 4 members (excludes halogenated alkanes) is 2. The van der Waals surface area contributed by atoms with Gasteiger partial charge in [0.15, 0.2) is 6.10 Å². The molecule has 0 aliphatic rings. The molecule has 0 bridgehead atoms.